The van der Waals surface area contributed by atoms with Crippen molar-refractivity contribution in [3.8, 4) is 0 Å². The van der Waals surface area contributed by atoms with E-state index in [1.807, 2.05) is 0 Å². The largest absolute Gasteiger partial charge is 0.386 e. The molecule has 0 aromatic carbocycles. The fourth-order valence-electron chi connectivity index (χ4n) is 1.21. The van der Waals surface area contributed by atoms with Crippen LogP contribution in [0.25, 0.3) is 0 Å². The number of thiol groups is 2. The fraction of sp³-hybridized carbons (Fsp3) is 0.500. The molecule has 0 fully saturated rings. The Balaban J connectivity index is 3.18. The zero-order chi connectivity index (χ0) is 10.2. The van der Waals surface area contributed by atoms with E-state index in [0.29, 0.717) is 11.1 Å². The zero-order valence-corrected chi connectivity index (χ0v) is 9.06. The van der Waals surface area contributed by atoms with Crippen LogP contribution in [-0.4, -0.2) is 22.4 Å². The van der Waals surface area contributed by atoms with Crippen LogP contribution in [0.5, 0.6) is 0 Å². The van der Waals surface area contributed by atoms with Gasteiger partial charge in [-0.1, -0.05) is 0 Å². The van der Waals surface area contributed by atoms with E-state index in [2.05, 4.69) is 30.0 Å². The van der Waals surface area contributed by atoms with Gasteiger partial charge in [-0.15, -0.1) is 0 Å². The number of ether oxygens (including phenoxy) is 1. The molecule has 1 aliphatic rings. The molecule has 0 N–H and O–H groups in total. The second-order valence-electron chi connectivity index (χ2n) is 2.86. The van der Waals surface area contributed by atoms with E-state index < -0.39 is 11.9 Å². The van der Waals surface area contributed by atoms with E-state index in [4.69, 9.17) is 0 Å². The number of rotatable bonds is 2. The number of carbonyl (C=O) groups is 2. The van der Waals surface area contributed by atoms with Crippen molar-refractivity contribution in [1.29, 1.82) is 0 Å². The van der Waals surface area contributed by atoms with Gasteiger partial charge in [0.15, 0.2) is 0 Å². The maximum Gasteiger partial charge on any atom is 0.343 e. The highest BCUT2D eigenvalue weighted by molar-refractivity contribution is 7.81. The minimum Gasteiger partial charge on any atom is -0.386 e. The molecule has 0 bridgehead atoms. The van der Waals surface area contributed by atoms with Gasteiger partial charge in [0.1, 0.15) is 0 Å². The first-order valence-corrected chi connectivity index (χ1v) is 4.85. The standard InChI is InChI=1S/C8H10O3S2/c1-3(12)5-6(4(2)13)8(10)11-7(5)9/h3-4,12-13H,1-2H3. The molecule has 0 aromatic heterocycles. The monoisotopic (exact) mass is 218 g/mol. The quantitative estimate of drug-likeness (QED) is 0.413. The molecule has 2 unspecified atom stereocenters. The van der Waals surface area contributed by atoms with E-state index in [-0.39, 0.29) is 10.5 Å². The summed E-state index contributed by atoms with van der Waals surface area (Å²) in [6, 6.07) is 0. The highest BCUT2D eigenvalue weighted by Gasteiger charge is 2.36. The summed E-state index contributed by atoms with van der Waals surface area (Å²) in [6.45, 7) is 3.43. The zero-order valence-electron chi connectivity index (χ0n) is 7.27. The van der Waals surface area contributed by atoms with Gasteiger partial charge in [0.25, 0.3) is 0 Å². The number of carbonyl (C=O) groups excluding carboxylic acids is 2. The third kappa shape index (κ3) is 1.91. The Morgan fingerprint density at radius 2 is 1.31 bits per heavy atom. The summed E-state index contributed by atoms with van der Waals surface area (Å²) in [6.07, 6.45) is 0. The highest BCUT2D eigenvalue weighted by atomic mass is 32.1. The van der Waals surface area contributed by atoms with E-state index in [9.17, 15) is 9.59 Å². The summed E-state index contributed by atoms with van der Waals surface area (Å²) in [7, 11) is 0. The van der Waals surface area contributed by atoms with Crippen LogP contribution < -0.4 is 0 Å². The van der Waals surface area contributed by atoms with Crippen molar-refractivity contribution >= 4 is 37.2 Å². The lowest BCUT2D eigenvalue weighted by Gasteiger charge is -2.06. The second kappa shape index (κ2) is 3.75. The molecule has 72 valence electrons. The summed E-state index contributed by atoms with van der Waals surface area (Å²) in [5.41, 5.74) is 0.659. The number of cyclic esters (lactones) is 2. The van der Waals surface area contributed by atoms with Crippen LogP contribution in [0.2, 0.25) is 0 Å². The fourth-order valence-corrected chi connectivity index (χ4v) is 1.69. The molecule has 0 aliphatic carbocycles. The Morgan fingerprint density at radius 3 is 1.54 bits per heavy atom. The molecule has 5 heteroatoms. The third-order valence-corrected chi connectivity index (χ3v) is 2.27. The van der Waals surface area contributed by atoms with Crippen LogP contribution in [0.1, 0.15) is 13.8 Å². The van der Waals surface area contributed by atoms with Crippen molar-refractivity contribution < 1.29 is 14.3 Å². The van der Waals surface area contributed by atoms with Crippen LogP contribution in [0, 0.1) is 0 Å². The minimum absolute atomic E-state index is 0.302. The maximum absolute atomic E-state index is 11.2. The molecule has 0 saturated heterocycles. The van der Waals surface area contributed by atoms with Gasteiger partial charge in [-0.3, -0.25) is 0 Å². The van der Waals surface area contributed by atoms with E-state index in [1.165, 1.54) is 0 Å². The van der Waals surface area contributed by atoms with Crippen molar-refractivity contribution in [1.82, 2.24) is 0 Å². The Hall–Kier alpha value is -0.420. The van der Waals surface area contributed by atoms with Crippen LogP contribution in [0.3, 0.4) is 0 Å². The molecule has 13 heavy (non-hydrogen) atoms. The van der Waals surface area contributed by atoms with Gasteiger partial charge in [0.05, 0.1) is 11.1 Å². The Morgan fingerprint density at radius 1 is 1.00 bits per heavy atom. The third-order valence-electron chi connectivity index (χ3n) is 1.75. The number of hydrogen-bond donors (Lipinski definition) is 2. The maximum atomic E-state index is 11.2. The molecule has 1 rings (SSSR count). The Bertz CT molecular complexity index is 264. The summed E-state index contributed by atoms with van der Waals surface area (Å²) in [5, 5.41) is -0.605. The van der Waals surface area contributed by atoms with Crippen LogP contribution >= 0.6 is 25.3 Å². The minimum atomic E-state index is -0.594. The van der Waals surface area contributed by atoms with Gasteiger partial charge in [-0.05, 0) is 13.8 Å². The van der Waals surface area contributed by atoms with Crippen molar-refractivity contribution in [2.75, 3.05) is 0 Å². The molecule has 2 atom stereocenters. The molecule has 0 saturated carbocycles. The predicted octanol–water partition coefficient (Wildman–Crippen LogP) is 1.00. The Kier molecular flexibility index (Phi) is 3.08. The van der Waals surface area contributed by atoms with E-state index in [0.717, 1.165) is 0 Å². The lowest BCUT2D eigenvalue weighted by atomic mass is 10.1. The smallest absolute Gasteiger partial charge is 0.343 e. The van der Waals surface area contributed by atoms with Gasteiger partial charge in [-0.2, -0.15) is 25.3 Å². The van der Waals surface area contributed by atoms with Gasteiger partial charge in [0.2, 0.25) is 0 Å². The van der Waals surface area contributed by atoms with E-state index in [1.54, 1.807) is 13.8 Å². The first-order chi connectivity index (χ1) is 5.95. The molecule has 3 nitrogen and oxygen atoms in total. The molecule has 1 heterocycles. The van der Waals surface area contributed by atoms with Crippen molar-refractivity contribution in [2.24, 2.45) is 0 Å². The average Bonchev–Trinajstić information content (AvgIpc) is 2.24. The van der Waals surface area contributed by atoms with Crippen molar-refractivity contribution in [3.63, 3.8) is 0 Å². The topological polar surface area (TPSA) is 43.4 Å². The summed E-state index contributed by atoms with van der Waals surface area (Å²) in [4.78, 5) is 22.3. The van der Waals surface area contributed by atoms with E-state index >= 15 is 0 Å². The van der Waals surface area contributed by atoms with Crippen LogP contribution in [-0.2, 0) is 14.3 Å². The predicted molar refractivity (Wildman–Crippen MR) is 55.0 cm³/mol. The number of hydrogen-bond acceptors (Lipinski definition) is 5. The molecule has 0 amide bonds. The van der Waals surface area contributed by atoms with Gasteiger partial charge in [0, 0.05) is 10.5 Å². The summed E-state index contributed by atoms with van der Waals surface area (Å²) < 4.78 is 4.46. The van der Waals surface area contributed by atoms with Crippen molar-refractivity contribution in [3.05, 3.63) is 11.1 Å². The van der Waals surface area contributed by atoms with Crippen LogP contribution in [0.4, 0.5) is 0 Å². The Labute approximate surface area is 87.3 Å². The number of esters is 2. The lowest BCUT2D eigenvalue weighted by molar-refractivity contribution is -0.151. The van der Waals surface area contributed by atoms with Gasteiger partial charge < -0.3 is 4.74 Å². The molecular formula is C8H10O3S2. The van der Waals surface area contributed by atoms with Crippen LogP contribution in [0.15, 0.2) is 11.1 Å². The highest BCUT2D eigenvalue weighted by Crippen LogP contribution is 2.27. The SMILES string of the molecule is CC(S)C1=C(C(C)S)C(=O)OC1=O. The molecule has 0 spiro atoms. The van der Waals surface area contributed by atoms with Crippen molar-refractivity contribution in [2.45, 2.75) is 24.3 Å². The first-order valence-electron chi connectivity index (χ1n) is 3.81. The summed E-state index contributed by atoms with van der Waals surface area (Å²) in [5.74, 6) is -1.19. The molecule has 1 aliphatic heterocycles. The van der Waals surface area contributed by atoms with Gasteiger partial charge >= 0.3 is 11.9 Å². The normalized spacial score (nSPS) is 21.8. The lowest BCUT2D eigenvalue weighted by Crippen LogP contribution is -2.10. The average molecular weight is 218 g/mol. The van der Waals surface area contributed by atoms with Gasteiger partial charge in [-0.25, -0.2) is 9.59 Å². The molecule has 0 radical (unpaired) electrons. The first kappa shape index (κ1) is 10.7. The molecular weight excluding hydrogens is 208 g/mol. The summed E-state index contributed by atoms with van der Waals surface area (Å²) >= 11 is 8.20. The second-order valence-corrected chi connectivity index (χ2v) is 4.41. The molecule has 0 aromatic rings.